The van der Waals surface area contributed by atoms with Crippen LogP contribution in [0.5, 0.6) is 0 Å². The third kappa shape index (κ3) is 2.24. The predicted octanol–water partition coefficient (Wildman–Crippen LogP) is 4.59. The van der Waals surface area contributed by atoms with Gasteiger partial charge in [-0.2, -0.15) is 0 Å². The Kier molecular flexibility index (Phi) is 3.47. The Morgan fingerprint density at radius 2 is 2.11 bits per heavy atom. The van der Waals surface area contributed by atoms with Crippen LogP contribution < -0.4 is 0 Å². The van der Waals surface area contributed by atoms with Crippen LogP contribution in [0.4, 0.5) is 0 Å². The highest BCUT2D eigenvalue weighted by molar-refractivity contribution is 9.10. The standard InChI is InChI=1S/C12H10Br2ClN3/c13-6-11-16-17-12(18(11)8-2-3-8)9-4-1-7(15)5-10(9)14/h1,4-5,8H,2-3,6H2. The van der Waals surface area contributed by atoms with Crippen molar-refractivity contribution in [2.24, 2.45) is 0 Å². The Labute approximate surface area is 127 Å². The zero-order chi connectivity index (χ0) is 12.7. The van der Waals surface area contributed by atoms with Crippen LogP contribution in [-0.4, -0.2) is 14.8 Å². The Hall–Kier alpha value is -0.390. The first kappa shape index (κ1) is 12.6. The van der Waals surface area contributed by atoms with E-state index in [0.717, 1.165) is 27.0 Å². The molecule has 0 aliphatic heterocycles. The fourth-order valence-corrected chi connectivity index (χ4v) is 3.23. The van der Waals surface area contributed by atoms with Crippen molar-refractivity contribution >= 4 is 43.5 Å². The number of halogens is 3. The first-order chi connectivity index (χ1) is 8.70. The van der Waals surface area contributed by atoms with Crippen LogP contribution in [0.1, 0.15) is 24.7 Å². The number of aromatic nitrogens is 3. The van der Waals surface area contributed by atoms with Gasteiger partial charge >= 0.3 is 0 Å². The minimum Gasteiger partial charge on any atom is -0.307 e. The predicted molar refractivity (Wildman–Crippen MR) is 79.1 cm³/mol. The number of nitrogens with zero attached hydrogens (tertiary/aromatic N) is 3. The molecule has 1 aliphatic carbocycles. The quantitative estimate of drug-likeness (QED) is 0.717. The molecule has 2 aromatic rings. The fourth-order valence-electron chi connectivity index (χ4n) is 1.99. The van der Waals surface area contributed by atoms with Crippen molar-refractivity contribution in [2.75, 3.05) is 0 Å². The van der Waals surface area contributed by atoms with Crippen molar-refractivity contribution in [3.05, 3.63) is 33.5 Å². The summed E-state index contributed by atoms with van der Waals surface area (Å²) in [5.41, 5.74) is 1.03. The van der Waals surface area contributed by atoms with Gasteiger partial charge < -0.3 is 4.57 Å². The summed E-state index contributed by atoms with van der Waals surface area (Å²) in [6, 6.07) is 6.29. The van der Waals surface area contributed by atoms with Crippen molar-refractivity contribution in [1.29, 1.82) is 0 Å². The van der Waals surface area contributed by atoms with Crippen molar-refractivity contribution in [3.63, 3.8) is 0 Å². The van der Waals surface area contributed by atoms with Crippen LogP contribution in [0, 0.1) is 0 Å². The van der Waals surface area contributed by atoms with Crippen molar-refractivity contribution < 1.29 is 0 Å². The molecule has 0 unspecified atom stereocenters. The van der Waals surface area contributed by atoms with Gasteiger partial charge in [0.2, 0.25) is 0 Å². The summed E-state index contributed by atoms with van der Waals surface area (Å²) in [5, 5.41) is 10.0. The lowest BCUT2D eigenvalue weighted by atomic mass is 10.2. The van der Waals surface area contributed by atoms with E-state index in [0.29, 0.717) is 11.1 Å². The van der Waals surface area contributed by atoms with E-state index >= 15 is 0 Å². The summed E-state index contributed by atoms with van der Waals surface area (Å²) in [7, 11) is 0. The molecule has 1 aromatic carbocycles. The minimum atomic E-state index is 0.546. The van der Waals surface area contributed by atoms with E-state index in [1.54, 1.807) is 0 Å². The molecule has 0 N–H and O–H groups in total. The van der Waals surface area contributed by atoms with Crippen molar-refractivity contribution in [3.8, 4) is 11.4 Å². The molecular formula is C12H10Br2ClN3. The Bertz CT molecular complexity index is 593. The summed E-state index contributed by atoms with van der Waals surface area (Å²) in [4.78, 5) is 0. The summed E-state index contributed by atoms with van der Waals surface area (Å²) in [6.07, 6.45) is 2.41. The van der Waals surface area contributed by atoms with Gasteiger partial charge in [-0.05, 0) is 47.0 Å². The normalized spacial score (nSPS) is 15.1. The van der Waals surface area contributed by atoms with Gasteiger partial charge in [-0.3, -0.25) is 0 Å². The van der Waals surface area contributed by atoms with Crippen LogP contribution >= 0.6 is 43.5 Å². The van der Waals surface area contributed by atoms with E-state index in [1.807, 2.05) is 18.2 Å². The minimum absolute atomic E-state index is 0.546. The zero-order valence-electron chi connectivity index (χ0n) is 9.41. The van der Waals surface area contributed by atoms with Crippen LogP contribution in [0.2, 0.25) is 5.02 Å². The monoisotopic (exact) mass is 389 g/mol. The summed E-state index contributed by atoms with van der Waals surface area (Å²) in [6.45, 7) is 0. The molecule has 6 heteroatoms. The molecule has 1 saturated carbocycles. The molecule has 1 aliphatic rings. The van der Waals surface area contributed by atoms with Gasteiger partial charge in [0.25, 0.3) is 0 Å². The maximum atomic E-state index is 5.97. The Balaban J connectivity index is 2.13. The number of rotatable bonds is 3. The first-order valence-electron chi connectivity index (χ1n) is 5.66. The highest BCUT2D eigenvalue weighted by Gasteiger charge is 2.30. The molecule has 94 valence electrons. The van der Waals surface area contributed by atoms with Gasteiger partial charge in [-0.25, -0.2) is 0 Å². The fraction of sp³-hybridized carbons (Fsp3) is 0.333. The van der Waals surface area contributed by atoms with E-state index in [4.69, 9.17) is 11.6 Å². The second-order valence-electron chi connectivity index (χ2n) is 4.30. The van der Waals surface area contributed by atoms with Crippen LogP contribution in [0.25, 0.3) is 11.4 Å². The van der Waals surface area contributed by atoms with Crippen LogP contribution in [-0.2, 0) is 5.33 Å². The maximum Gasteiger partial charge on any atom is 0.165 e. The lowest BCUT2D eigenvalue weighted by Crippen LogP contribution is -2.02. The molecule has 18 heavy (non-hydrogen) atoms. The smallest absolute Gasteiger partial charge is 0.165 e. The molecule has 3 rings (SSSR count). The largest absolute Gasteiger partial charge is 0.307 e. The molecule has 0 saturated heterocycles. The highest BCUT2D eigenvalue weighted by Crippen LogP contribution is 2.40. The SMILES string of the molecule is Clc1ccc(-c2nnc(CBr)n2C2CC2)c(Br)c1. The Morgan fingerprint density at radius 1 is 1.33 bits per heavy atom. The van der Waals surface area contributed by atoms with Crippen LogP contribution in [0.3, 0.4) is 0 Å². The molecule has 0 bridgehead atoms. The third-order valence-corrected chi connectivity index (χ3v) is 4.36. The van der Waals surface area contributed by atoms with E-state index in [-0.39, 0.29) is 0 Å². The van der Waals surface area contributed by atoms with Crippen molar-refractivity contribution in [2.45, 2.75) is 24.2 Å². The van der Waals surface area contributed by atoms with Gasteiger partial charge in [0.15, 0.2) is 5.82 Å². The summed E-state index contributed by atoms with van der Waals surface area (Å²) in [5.74, 6) is 1.89. The molecular weight excluding hydrogens is 381 g/mol. The number of benzene rings is 1. The average Bonchev–Trinajstić information content (AvgIpc) is 3.09. The van der Waals surface area contributed by atoms with Gasteiger partial charge in [-0.1, -0.05) is 27.5 Å². The number of alkyl halides is 1. The molecule has 1 heterocycles. The van der Waals surface area contributed by atoms with Gasteiger partial charge in [0.05, 0.1) is 5.33 Å². The first-order valence-corrected chi connectivity index (χ1v) is 7.95. The molecule has 0 spiro atoms. The number of hydrogen-bond acceptors (Lipinski definition) is 2. The lowest BCUT2D eigenvalue weighted by Gasteiger charge is -2.09. The topological polar surface area (TPSA) is 30.7 Å². The van der Waals surface area contributed by atoms with Gasteiger partial charge in [-0.15, -0.1) is 10.2 Å². The summed E-state index contributed by atoms with van der Waals surface area (Å²) >= 11 is 13.0. The van der Waals surface area contributed by atoms with E-state index in [9.17, 15) is 0 Å². The molecule has 3 nitrogen and oxygen atoms in total. The lowest BCUT2D eigenvalue weighted by molar-refractivity contribution is 0.714. The third-order valence-electron chi connectivity index (χ3n) is 2.97. The van der Waals surface area contributed by atoms with Crippen LogP contribution in [0.15, 0.2) is 22.7 Å². The molecule has 0 atom stereocenters. The summed E-state index contributed by atoms with van der Waals surface area (Å²) < 4.78 is 3.17. The Morgan fingerprint density at radius 3 is 2.72 bits per heavy atom. The average molecular weight is 391 g/mol. The second kappa shape index (κ2) is 4.94. The molecule has 1 aromatic heterocycles. The van der Waals surface area contributed by atoms with Crippen molar-refractivity contribution in [1.82, 2.24) is 14.8 Å². The molecule has 0 radical (unpaired) electrons. The zero-order valence-corrected chi connectivity index (χ0v) is 13.3. The maximum absolute atomic E-state index is 5.97. The highest BCUT2D eigenvalue weighted by atomic mass is 79.9. The van der Waals surface area contributed by atoms with E-state index in [2.05, 4.69) is 46.6 Å². The van der Waals surface area contributed by atoms with Gasteiger partial charge in [0, 0.05) is 21.1 Å². The molecule has 0 amide bonds. The number of hydrogen-bond donors (Lipinski definition) is 0. The van der Waals surface area contributed by atoms with Gasteiger partial charge in [0.1, 0.15) is 5.82 Å². The second-order valence-corrected chi connectivity index (χ2v) is 6.15. The molecule has 1 fully saturated rings. The van der Waals surface area contributed by atoms with E-state index in [1.165, 1.54) is 12.8 Å². The van der Waals surface area contributed by atoms with E-state index < -0.39 is 0 Å².